The largest absolute Gasteiger partial charge is 0.392 e. The zero-order valence-electron chi connectivity index (χ0n) is 17.2. The Hall–Kier alpha value is -2.95. The first-order valence-electron chi connectivity index (χ1n) is 10.0. The lowest BCUT2D eigenvalue weighted by Crippen LogP contribution is -2.44. The number of fused-ring (bicyclic) bond motifs is 2. The lowest BCUT2D eigenvalue weighted by molar-refractivity contribution is 0.0986. The van der Waals surface area contributed by atoms with E-state index in [0.717, 1.165) is 16.5 Å². The lowest BCUT2D eigenvalue weighted by atomic mass is 10.1. The quantitative estimate of drug-likeness (QED) is 0.498. The normalized spacial score (nSPS) is 17.6. The molecule has 31 heavy (non-hydrogen) atoms. The number of nitrogens with one attached hydrogen (secondary N) is 1. The number of benzene rings is 1. The number of nitrogens with zero attached hydrogens (tertiary/aromatic N) is 4. The van der Waals surface area contributed by atoms with Crippen molar-refractivity contribution in [3.05, 3.63) is 42.1 Å². The summed E-state index contributed by atoms with van der Waals surface area (Å²) in [5.41, 5.74) is 2.91. The van der Waals surface area contributed by atoms with Crippen LogP contribution in [0.2, 0.25) is 0 Å². The molecule has 1 fully saturated rings. The van der Waals surface area contributed by atoms with Crippen molar-refractivity contribution in [2.75, 3.05) is 30.9 Å². The van der Waals surface area contributed by atoms with Crippen molar-refractivity contribution in [2.45, 2.75) is 24.6 Å². The molecule has 5 rings (SSSR count). The molecule has 9 nitrogen and oxygen atoms in total. The van der Waals surface area contributed by atoms with E-state index in [1.54, 1.807) is 12.1 Å². The number of anilines is 1. The molecule has 1 unspecified atom stereocenters. The minimum atomic E-state index is -3.51. The van der Waals surface area contributed by atoms with E-state index in [1.165, 1.54) is 10.8 Å². The Balaban J connectivity index is 1.83. The number of aromatic amines is 1. The van der Waals surface area contributed by atoms with Crippen LogP contribution in [0, 0.1) is 0 Å². The van der Waals surface area contributed by atoms with Gasteiger partial charge in [0.15, 0.2) is 26.5 Å². The van der Waals surface area contributed by atoms with Crippen LogP contribution in [0.15, 0.2) is 41.6 Å². The number of morpholine rings is 1. The van der Waals surface area contributed by atoms with E-state index in [0.29, 0.717) is 42.5 Å². The molecule has 1 aromatic carbocycles. The van der Waals surface area contributed by atoms with E-state index in [-0.39, 0.29) is 17.7 Å². The van der Waals surface area contributed by atoms with Gasteiger partial charge in [-0.15, -0.1) is 5.10 Å². The predicted octanol–water partition coefficient (Wildman–Crippen LogP) is 2.00. The molecule has 1 saturated heterocycles. The maximum atomic E-state index is 12.4. The first kappa shape index (κ1) is 20.0. The number of aromatic nitrogens is 4. The molecule has 0 saturated carbocycles. The number of ether oxygens (including phenoxy) is 1. The highest BCUT2D eigenvalue weighted by molar-refractivity contribution is 7.90. The molecule has 0 aliphatic carbocycles. The SMILES string of the molecule is CC1COCCN1c1nc(-c2cc(CO)cc3[nH]ccc23)nn2c(S(C)(=O)=O)ccc12. The molecule has 0 spiro atoms. The van der Waals surface area contributed by atoms with Crippen molar-refractivity contribution in [1.82, 2.24) is 19.6 Å². The third kappa shape index (κ3) is 3.36. The summed E-state index contributed by atoms with van der Waals surface area (Å²) in [5.74, 6) is 1.05. The van der Waals surface area contributed by atoms with Crippen molar-refractivity contribution >= 4 is 32.1 Å². The minimum absolute atomic E-state index is 0.0768. The highest BCUT2D eigenvalue weighted by Crippen LogP contribution is 2.32. The van der Waals surface area contributed by atoms with Crippen molar-refractivity contribution < 1.29 is 18.3 Å². The fourth-order valence-electron chi connectivity index (χ4n) is 4.11. The molecule has 4 aromatic rings. The van der Waals surface area contributed by atoms with Gasteiger partial charge >= 0.3 is 0 Å². The van der Waals surface area contributed by atoms with E-state index >= 15 is 0 Å². The second-order valence-corrected chi connectivity index (χ2v) is 9.82. The number of sulfone groups is 1. The maximum Gasteiger partial charge on any atom is 0.192 e. The molecule has 1 aliphatic rings. The Morgan fingerprint density at radius 1 is 1.29 bits per heavy atom. The average Bonchev–Trinajstić information content (AvgIpc) is 3.39. The Kier molecular flexibility index (Phi) is 4.72. The molecule has 2 N–H and O–H groups in total. The molecule has 3 aromatic heterocycles. The van der Waals surface area contributed by atoms with E-state index in [1.807, 2.05) is 24.4 Å². The van der Waals surface area contributed by atoms with Crippen LogP contribution in [0.1, 0.15) is 12.5 Å². The van der Waals surface area contributed by atoms with Crippen molar-refractivity contribution in [2.24, 2.45) is 0 Å². The smallest absolute Gasteiger partial charge is 0.192 e. The van der Waals surface area contributed by atoms with Crippen LogP contribution in [0.4, 0.5) is 5.82 Å². The summed E-state index contributed by atoms with van der Waals surface area (Å²) in [7, 11) is -3.51. The molecule has 0 amide bonds. The zero-order valence-corrected chi connectivity index (χ0v) is 18.1. The average molecular weight is 442 g/mol. The van der Waals surface area contributed by atoms with Gasteiger partial charge in [-0.05, 0) is 42.8 Å². The van der Waals surface area contributed by atoms with E-state index in [2.05, 4.69) is 21.9 Å². The monoisotopic (exact) mass is 441 g/mol. The van der Waals surface area contributed by atoms with Crippen LogP contribution < -0.4 is 4.90 Å². The van der Waals surface area contributed by atoms with Crippen LogP contribution in [0.25, 0.3) is 27.8 Å². The van der Waals surface area contributed by atoms with Crippen molar-refractivity contribution in [3.63, 3.8) is 0 Å². The van der Waals surface area contributed by atoms with Crippen LogP contribution >= 0.6 is 0 Å². The lowest BCUT2D eigenvalue weighted by Gasteiger charge is -2.34. The number of hydrogen-bond donors (Lipinski definition) is 2. The maximum absolute atomic E-state index is 12.4. The van der Waals surface area contributed by atoms with E-state index in [4.69, 9.17) is 9.72 Å². The number of aliphatic hydroxyl groups is 1. The number of rotatable bonds is 4. The summed E-state index contributed by atoms with van der Waals surface area (Å²) in [6.45, 7) is 3.69. The standard InChI is InChI=1S/C21H23N5O4S/c1-13-12-30-8-7-25(13)21-18-3-4-19(31(2,28)29)26(18)24-20(23-21)16-9-14(11-27)10-17-15(16)5-6-22-17/h3-6,9-10,13,22,27H,7-8,11-12H2,1-2H3. The third-order valence-electron chi connectivity index (χ3n) is 5.63. The molecule has 1 atom stereocenters. The van der Waals surface area contributed by atoms with E-state index in [9.17, 15) is 13.5 Å². The van der Waals surface area contributed by atoms with Crippen LogP contribution in [0.5, 0.6) is 0 Å². The van der Waals surface area contributed by atoms with Gasteiger partial charge in [-0.3, -0.25) is 0 Å². The van der Waals surface area contributed by atoms with E-state index < -0.39 is 9.84 Å². The summed E-state index contributed by atoms with van der Waals surface area (Å²) in [6.07, 6.45) is 2.99. The van der Waals surface area contributed by atoms with Crippen LogP contribution in [-0.2, 0) is 21.2 Å². The summed E-state index contributed by atoms with van der Waals surface area (Å²) in [6, 6.07) is 9.02. The molecule has 1 aliphatic heterocycles. The summed E-state index contributed by atoms with van der Waals surface area (Å²) >= 11 is 0. The first-order chi connectivity index (χ1) is 14.9. The number of H-pyrrole nitrogens is 1. The number of hydrogen-bond acceptors (Lipinski definition) is 7. The Labute approximate surface area is 179 Å². The minimum Gasteiger partial charge on any atom is -0.392 e. The fourth-order valence-corrected chi connectivity index (χ4v) is 4.88. The van der Waals surface area contributed by atoms with Gasteiger partial charge in [-0.1, -0.05) is 0 Å². The Bertz CT molecular complexity index is 1390. The van der Waals surface area contributed by atoms with Gasteiger partial charge in [0, 0.05) is 35.5 Å². The first-order valence-corrected chi connectivity index (χ1v) is 11.9. The molecule has 4 heterocycles. The van der Waals surface area contributed by atoms with Gasteiger partial charge < -0.3 is 19.7 Å². The van der Waals surface area contributed by atoms with Crippen molar-refractivity contribution in [3.8, 4) is 11.4 Å². The Morgan fingerprint density at radius 2 is 2.13 bits per heavy atom. The summed E-state index contributed by atoms with van der Waals surface area (Å²) < 4.78 is 31.9. The molecular formula is C21H23N5O4S. The van der Waals surface area contributed by atoms with Gasteiger partial charge in [0.1, 0.15) is 5.52 Å². The highest BCUT2D eigenvalue weighted by atomic mass is 32.2. The second kappa shape index (κ2) is 7.33. The topological polar surface area (TPSA) is 113 Å². The van der Waals surface area contributed by atoms with Crippen LogP contribution in [-0.4, -0.2) is 65.2 Å². The van der Waals surface area contributed by atoms with Gasteiger partial charge in [0.2, 0.25) is 0 Å². The van der Waals surface area contributed by atoms with Gasteiger partial charge in [0.05, 0.1) is 25.9 Å². The summed E-state index contributed by atoms with van der Waals surface area (Å²) in [4.78, 5) is 10.2. The van der Waals surface area contributed by atoms with Crippen LogP contribution in [0.3, 0.4) is 0 Å². The fraction of sp³-hybridized carbons (Fsp3) is 0.333. The zero-order chi connectivity index (χ0) is 21.8. The molecule has 162 valence electrons. The third-order valence-corrected chi connectivity index (χ3v) is 6.70. The molecule has 0 radical (unpaired) electrons. The highest BCUT2D eigenvalue weighted by Gasteiger charge is 2.26. The Morgan fingerprint density at radius 3 is 2.87 bits per heavy atom. The summed E-state index contributed by atoms with van der Waals surface area (Å²) in [5, 5.41) is 15.4. The molecular weight excluding hydrogens is 418 g/mol. The number of aliphatic hydroxyl groups excluding tert-OH is 1. The predicted molar refractivity (Wildman–Crippen MR) is 117 cm³/mol. The van der Waals surface area contributed by atoms with Gasteiger partial charge in [-0.2, -0.15) is 0 Å². The molecule has 0 bridgehead atoms. The second-order valence-electron chi connectivity index (χ2n) is 7.86. The van der Waals surface area contributed by atoms with Gasteiger partial charge in [0.25, 0.3) is 0 Å². The van der Waals surface area contributed by atoms with Crippen molar-refractivity contribution in [1.29, 1.82) is 0 Å². The van der Waals surface area contributed by atoms with Gasteiger partial charge in [-0.25, -0.2) is 17.9 Å². The molecule has 10 heteroatoms.